The van der Waals surface area contributed by atoms with Crippen LogP contribution in [0, 0.1) is 0 Å². The zero-order valence-corrected chi connectivity index (χ0v) is 17.8. The van der Waals surface area contributed by atoms with Crippen LogP contribution in [0.4, 0.5) is 5.82 Å². The Morgan fingerprint density at radius 1 is 1.12 bits per heavy atom. The number of aryl methyl sites for hydroxylation is 1. The summed E-state index contributed by atoms with van der Waals surface area (Å²) in [5.74, 6) is 2.27. The molecule has 10 nitrogen and oxygen atoms in total. The largest absolute Gasteiger partial charge is 0.493 e. The molecule has 0 atom stereocenters. The molecular formula is C23H22N6O4. The topological polar surface area (TPSA) is 135 Å². The third-order valence-electron chi connectivity index (χ3n) is 5.42. The summed E-state index contributed by atoms with van der Waals surface area (Å²) < 4.78 is 10.8. The van der Waals surface area contributed by atoms with Crippen LogP contribution in [-0.4, -0.2) is 45.9 Å². The zero-order valence-electron chi connectivity index (χ0n) is 17.8. The third kappa shape index (κ3) is 4.54. The van der Waals surface area contributed by atoms with Gasteiger partial charge < -0.3 is 19.9 Å². The lowest BCUT2D eigenvalue weighted by molar-refractivity contribution is -0.121. The summed E-state index contributed by atoms with van der Waals surface area (Å²) in [6.45, 7) is 1.56. The van der Waals surface area contributed by atoms with Crippen molar-refractivity contribution >= 4 is 22.5 Å². The lowest BCUT2D eigenvalue weighted by Crippen LogP contribution is -2.29. The molecule has 0 aliphatic carbocycles. The van der Waals surface area contributed by atoms with E-state index < -0.39 is 0 Å². The molecule has 5 rings (SSSR count). The number of carbonyl (C=O) groups excluding carboxylic acids is 1. The van der Waals surface area contributed by atoms with Gasteiger partial charge in [0.05, 0.1) is 12.0 Å². The maximum atomic E-state index is 12.2. The van der Waals surface area contributed by atoms with Crippen LogP contribution in [0.15, 0.2) is 51.8 Å². The van der Waals surface area contributed by atoms with Crippen LogP contribution in [0.5, 0.6) is 5.75 Å². The van der Waals surface area contributed by atoms with Crippen LogP contribution in [0.25, 0.3) is 22.2 Å². The van der Waals surface area contributed by atoms with E-state index in [0.29, 0.717) is 49.0 Å². The number of hydrogen-bond donors (Lipinski definition) is 3. The Bertz CT molecular complexity index is 1360. The second kappa shape index (κ2) is 9.11. The first-order chi connectivity index (χ1) is 16.2. The smallest absolute Gasteiger partial charge is 0.272 e. The molecule has 10 heteroatoms. The van der Waals surface area contributed by atoms with Crippen LogP contribution < -0.4 is 20.9 Å². The van der Waals surface area contributed by atoms with Crippen molar-refractivity contribution in [1.29, 1.82) is 0 Å². The van der Waals surface area contributed by atoms with E-state index in [1.807, 2.05) is 30.3 Å². The molecule has 3 N–H and O–H groups in total. The first kappa shape index (κ1) is 20.7. The van der Waals surface area contributed by atoms with Crippen molar-refractivity contribution in [3.63, 3.8) is 0 Å². The summed E-state index contributed by atoms with van der Waals surface area (Å²) in [4.78, 5) is 28.4. The summed E-state index contributed by atoms with van der Waals surface area (Å²) in [5.41, 5.74) is 1.77. The van der Waals surface area contributed by atoms with Crippen LogP contribution in [0.3, 0.4) is 0 Å². The molecular weight excluding hydrogens is 424 g/mol. The molecule has 0 radical (unpaired) electrons. The minimum Gasteiger partial charge on any atom is -0.493 e. The van der Waals surface area contributed by atoms with Gasteiger partial charge in [0.15, 0.2) is 5.82 Å². The van der Waals surface area contributed by atoms with Crippen molar-refractivity contribution in [1.82, 2.24) is 25.7 Å². The number of nitrogens with zero attached hydrogens (tertiary/aromatic N) is 3. The maximum Gasteiger partial charge on any atom is 0.272 e. The standard InChI is InChI=1S/C23H22N6O4/c30-19(24-10-11-25-22-16-3-1-2-4-17(16)23(31)28-27-22)7-8-20-26-21(29-33-20)15-5-6-18-14(13-15)9-12-32-18/h1-6,13H,7-12H2,(H,24,30)(H,25,27)(H,28,31). The van der Waals surface area contributed by atoms with E-state index in [2.05, 4.69) is 31.0 Å². The summed E-state index contributed by atoms with van der Waals surface area (Å²) in [5, 5.41) is 17.8. The van der Waals surface area contributed by atoms with Gasteiger partial charge in [-0.3, -0.25) is 9.59 Å². The predicted molar refractivity (Wildman–Crippen MR) is 121 cm³/mol. The minimum absolute atomic E-state index is 0.120. The fourth-order valence-electron chi connectivity index (χ4n) is 3.74. The Hall–Kier alpha value is -4.21. The van der Waals surface area contributed by atoms with Gasteiger partial charge in [-0.05, 0) is 29.8 Å². The number of H-pyrrole nitrogens is 1. The first-order valence-corrected chi connectivity index (χ1v) is 10.7. The van der Waals surface area contributed by atoms with Gasteiger partial charge in [-0.2, -0.15) is 10.1 Å². The molecule has 0 saturated carbocycles. The number of anilines is 1. The van der Waals surface area contributed by atoms with Crippen molar-refractivity contribution < 1.29 is 14.1 Å². The van der Waals surface area contributed by atoms with Gasteiger partial charge >= 0.3 is 0 Å². The molecule has 2 aromatic carbocycles. The molecule has 0 fully saturated rings. The second-order valence-electron chi connectivity index (χ2n) is 7.66. The minimum atomic E-state index is -0.237. The fourth-order valence-corrected chi connectivity index (χ4v) is 3.74. The number of benzene rings is 2. The van der Waals surface area contributed by atoms with Crippen molar-refractivity contribution in [3.05, 3.63) is 64.3 Å². The van der Waals surface area contributed by atoms with Gasteiger partial charge in [-0.1, -0.05) is 23.4 Å². The van der Waals surface area contributed by atoms with E-state index in [0.717, 1.165) is 28.7 Å². The van der Waals surface area contributed by atoms with Gasteiger partial charge in [0.1, 0.15) is 5.75 Å². The van der Waals surface area contributed by atoms with Crippen LogP contribution in [-0.2, 0) is 17.6 Å². The highest BCUT2D eigenvalue weighted by molar-refractivity contribution is 5.90. The molecule has 0 spiro atoms. The lowest BCUT2D eigenvalue weighted by Gasteiger charge is -2.08. The van der Waals surface area contributed by atoms with Crippen LogP contribution in [0.2, 0.25) is 0 Å². The highest BCUT2D eigenvalue weighted by Crippen LogP contribution is 2.29. The van der Waals surface area contributed by atoms with Crippen molar-refractivity contribution in [3.8, 4) is 17.1 Å². The van der Waals surface area contributed by atoms with Gasteiger partial charge in [0, 0.05) is 43.3 Å². The Morgan fingerprint density at radius 2 is 2.00 bits per heavy atom. The summed E-state index contributed by atoms with van der Waals surface area (Å²) >= 11 is 0. The normalized spacial score (nSPS) is 12.4. The summed E-state index contributed by atoms with van der Waals surface area (Å²) in [6, 6.07) is 13.0. The Balaban J connectivity index is 1.09. The number of nitrogens with one attached hydrogen (secondary N) is 3. The molecule has 2 aromatic heterocycles. The van der Waals surface area contributed by atoms with Gasteiger partial charge in [0.25, 0.3) is 5.56 Å². The molecule has 3 heterocycles. The van der Waals surface area contributed by atoms with E-state index in [-0.39, 0.29) is 17.9 Å². The fraction of sp³-hybridized carbons (Fsp3) is 0.261. The van der Waals surface area contributed by atoms with Crippen LogP contribution in [0.1, 0.15) is 17.9 Å². The number of aromatic nitrogens is 4. The number of amides is 1. The number of hydrogen-bond acceptors (Lipinski definition) is 8. The quantitative estimate of drug-likeness (QED) is 0.350. The number of fused-ring (bicyclic) bond motifs is 2. The third-order valence-corrected chi connectivity index (χ3v) is 5.42. The van der Waals surface area contributed by atoms with E-state index in [9.17, 15) is 9.59 Å². The molecule has 168 valence electrons. The maximum absolute atomic E-state index is 12.2. The number of rotatable bonds is 8. The first-order valence-electron chi connectivity index (χ1n) is 10.7. The monoisotopic (exact) mass is 446 g/mol. The van der Waals surface area contributed by atoms with Crippen molar-refractivity contribution in [2.45, 2.75) is 19.3 Å². The van der Waals surface area contributed by atoms with Gasteiger partial charge in [-0.25, -0.2) is 5.10 Å². The zero-order chi connectivity index (χ0) is 22.6. The molecule has 0 bridgehead atoms. The van der Waals surface area contributed by atoms with Crippen molar-refractivity contribution in [2.24, 2.45) is 0 Å². The molecule has 1 aliphatic heterocycles. The SMILES string of the molecule is O=C(CCc1nc(-c2ccc3c(c2)CCO3)no1)NCCNc1n[nH]c(=O)c2ccccc12. The average molecular weight is 446 g/mol. The lowest BCUT2D eigenvalue weighted by atomic mass is 10.1. The molecule has 0 saturated heterocycles. The predicted octanol–water partition coefficient (Wildman–Crippen LogP) is 2.07. The highest BCUT2D eigenvalue weighted by Gasteiger charge is 2.16. The van der Waals surface area contributed by atoms with Gasteiger partial charge in [0.2, 0.25) is 17.6 Å². The van der Waals surface area contributed by atoms with Crippen molar-refractivity contribution in [2.75, 3.05) is 25.0 Å². The summed E-state index contributed by atoms with van der Waals surface area (Å²) in [6.07, 6.45) is 1.46. The average Bonchev–Trinajstić information content (AvgIpc) is 3.51. The van der Waals surface area contributed by atoms with E-state index >= 15 is 0 Å². The molecule has 4 aromatic rings. The highest BCUT2D eigenvalue weighted by atomic mass is 16.5. The van der Waals surface area contributed by atoms with E-state index in [4.69, 9.17) is 9.26 Å². The Morgan fingerprint density at radius 3 is 2.91 bits per heavy atom. The summed E-state index contributed by atoms with van der Waals surface area (Å²) in [7, 11) is 0. The number of aromatic amines is 1. The molecule has 0 unspecified atom stereocenters. The van der Waals surface area contributed by atoms with Crippen LogP contribution >= 0.6 is 0 Å². The van der Waals surface area contributed by atoms with E-state index in [1.54, 1.807) is 12.1 Å². The van der Waals surface area contributed by atoms with Gasteiger partial charge in [-0.15, -0.1) is 0 Å². The second-order valence-corrected chi connectivity index (χ2v) is 7.66. The number of ether oxygens (including phenoxy) is 1. The molecule has 1 amide bonds. The number of carbonyl (C=O) groups is 1. The van der Waals surface area contributed by atoms with E-state index in [1.165, 1.54) is 0 Å². The molecule has 33 heavy (non-hydrogen) atoms. The Kier molecular flexibility index (Phi) is 5.71. The molecule has 1 aliphatic rings. The Labute approximate surface area is 188 Å².